The summed E-state index contributed by atoms with van der Waals surface area (Å²) < 4.78 is 6.74. The van der Waals surface area contributed by atoms with Gasteiger partial charge in [0.15, 0.2) is 0 Å². The number of benzene rings is 3. The molecule has 0 atom stereocenters. The summed E-state index contributed by atoms with van der Waals surface area (Å²) in [5, 5.41) is 10.1. The van der Waals surface area contributed by atoms with E-state index in [4.69, 9.17) is 16.3 Å². The Balaban J connectivity index is 1.76. The van der Waals surface area contributed by atoms with Crippen LogP contribution in [0.25, 0.3) is 11.6 Å². The largest absolute Gasteiger partial charge is 0.488 e. The Hall–Kier alpha value is -2.54. The normalized spacial score (nSPS) is 11.1. The maximum absolute atomic E-state index is 9.48. The molecule has 0 saturated heterocycles. The summed E-state index contributed by atoms with van der Waals surface area (Å²) in [5.41, 5.74) is 4.66. The summed E-state index contributed by atoms with van der Waals surface area (Å²) in [7, 11) is 0. The molecule has 0 unspecified atom stereocenters. The summed E-state index contributed by atoms with van der Waals surface area (Å²) in [5.74, 6) is 0.762. The van der Waals surface area contributed by atoms with Crippen LogP contribution in [0.1, 0.15) is 22.3 Å². The van der Waals surface area contributed by atoms with Gasteiger partial charge in [-0.25, -0.2) is 0 Å². The lowest BCUT2D eigenvalue weighted by Gasteiger charge is -2.09. The van der Waals surface area contributed by atoms with E-state index < -0.39 is 0 Å². The Kier molecular flexibility index (Phi) is 6.34. The van der Waals surface area contributed by atoms with E-state index >= 15 is 0 Å². The van der Waals surface area contributed by atoms with Crippen molar-refractivity contribution in [2.24, 2.45) is 0 Å². The minimum absolute atomic E-state index is 0.502. The maximum atomic E-state index is 9.48. The highest BCUT2D eigenvalue weighted by Gasteiger charge is 2.05. The quantitative estimate of drug-likeness (QED) is 0.316. The Morgan fingerprint density at radius 2 is 1.78 bits per heavy atom. The third kappa shape index (κ3) is 5.23. The second-order valence-electron chi connectivity index (χ2n) is 6.14. The number of hydrogen-bond acceptors (Lipinski definition) is 2. The summed E-state index contributed by atoms with van der Waals surface area (Å²) in [4.78, 5) is 0. The van der Waals surface area contributed by atoms with Crippen molar-refractivity contribution in [3.8, 4) is 11.8 Å². The van der Waals surface area contributed by atoms with E-state index in [1.54, 1.807) is 12.1 Å². The molecule has 0 radical (unpaired) electrons. The van der Waals surface area contributed by atoms with Crippen molar-refractivity contribution in [3.63, 3.8) is 0 Å². The van der Waals surface area contributed by atoms with Gasteiger partial charge in [0.25, 0.3) is 0 Å². The molecule has 3 aromatic rings. The molecular formula is C23H17BrClNO. The van der Waals surface area contributed by atoms with E-state index in [0.717, 1.165) is 26.9 Å². The van der Waals surface area contributed by atoms with Crippen molar-refractivity contribution >= 4 is 39.2 Å². The molecule has 0 bridgehead atoms. The molecule has 0 aliphatic carbocycles. The van der Waals surface area contributed by atoms with Crippen LogP contribution in [-0.2, 0) is 6.61 Å². The zero-order valence-electron chi connectivity index (χ0n) is 14.7. The van der Waals surface area contributed by atoms with Gasteiger partial charge in [-0.2, -0.15) is 5.26 Å². The number of halogens is 2. The fourth-order valence-electron chi connectivity index (χ4n) is 2.55. The lowest BCUT2D eigenvalue weighted by Crippen LogP contribution is -1.96. The van der Waals surface area contributed by atoms with Gasteiger partial charge in [-0.3, -0.25) is 0 Å². The van der Waals surface area contributed by atoms with E-state index in [0.29, 0.717) is 17.2 Å². The summed E-state index contributed by atoms with van der Waals surface area (Å²) >= 11 is 9.47. The highest BCUT2D eigenvalue weighted by Crippen LogP contribution is 2.29. The average Bonchev–Trinajstić information content (AvgIpc) is 2.67. The zero-order chi connectivity index (χ0) is 19.2. The Bertz CT molecular complexity index is 1000. The zero-order valence-corrected chi connectivity index (χ0v) is 17.1. The molecule has 134 valence electrons. The lowest BCUT2D eigenvalue weighted by atomic mass is 10.0. The number of aryl methyl sites for hydroxylation is 1. The van der Waals surface area contributed by atoms with Crippen LogP contribution in [0.4, 0.5) is 0 Å². The molecule has 0 aliphatic heterocycles. The Labute approximate surface area is 172 Å². The molecule has 0 spiro atoms. The van der Waals surface area contributed by atoms with Gasteiger partial charge in [0.2, 0.25) is 0 Å². The molecule has 4 heteroatoms. The van der Waals surface area contributed by atoms with Crippen LogP contribution in [0.5, 0.6) is 5.75 Å². The van der Waals surface area contributed by atoms with Crippen molar-refractivity contribution in [2.45, 2.75) is 13.5 Å². The predicted molar refractivity (Wildman–Crippen MR) is 115 cm³/mol. The first-order chi connectivity index (χ1) is 13.0. The first-order valence-corrected chi connectivity index (χ1v) is 9.58. The van der Waals surface area contributed by atoms with Crippen LogP contribution in [0.15, 0.2) is 71.2 Å². The minimum Gasteiger partial charge on any atom is -0.488 e. The third-order valence-corrected chi connectivity index (χ3v) is 4.93. The Morgan fingerprint density at radius 1 is 1.07 bits per heavy atom. The van der Waals surface area contributed by atoms with Gasteiger partial charge < -0.3 is 4.74 Å². The molecule has 0 aliphatic rings. The average molecular weight is 439 g/mol. The molecule has 0 aromatic heterocycles. The number of ether oxygens (including phenoxy) is 1. The molecule has 0 saturated carbocycles. The summed E-state index contributed by atoms with van der Waals surface area (Å²) in [6.07, 6.45) is 1.84. The van der Waals surface area contributed by atoms with Gasteiger partial charge in [0, 0.05) is 5.02 Å². The second kappa shape index (κ2) is 8.90. The molecule has 3 rings (SSSR count). The first kappa shape index (κ1) is 19.2. The topological polar surface area (TPSA) is 33.0 Å². The van der Waals surface area contributed by atoms with Gasteiger partial charge in [0.1, 0.15) is 12.4 Å². The number of allylic oxidation sites excluding steroid dienone is 1. The van der Waals surface area contributed by atoms with Crippen molar-refractivity contribution in [1.29, 1.82) is 5.26 Å². The van der Waals surface area contributed by atoms with Crippen molar-refractivity contribution in [1.82, 2.24) is 0 Å². The number of rotatable bonds is 5. The summed E-state index contributed by atoms with van der Waals surface area (Å²) in [6.45, 7) is 2.56. The van der Waals surface area contributed by atoms with E-state index in [1.165, 1.54) is 5.56 Å². The van der Waals surface area contributed by atoms with Crippen molar-refractivity contribution in [3.05, 3.63) is 98.5 Å². The minimum atomic E-state index is 0.502. The van der Waals surface area contributed by atoms with Gasteiger partial charge >= 0.3 is 0 Å². The van der Waals surface area contributed by atoms with E-state index in [-0.39, 0.29) is 0 Å². The summed E-state index contributed by atoms with van der Waals surface area (Å²) in [6, 6.07) is 23.5. The predicted octanol–water partition coefficient (Wildman–Crippen LogP) is 7.05. The fraction of sp³-hybridized carbons (Fsp3) is 0.0870. The molecule has 0 heterocycles. The van der Waals surface area contributed by atoms with Gasteiger partial charge in [-0.05, 0) is 69.9 Å². The van der Waals surface area contributed by atoms with Crippen LogP contribution in [-0.4, -0.2) is 0 Å². The third-order valence-electron chi connectivity index (χ3n) is 4.06. The maximum Gasteiger partial charge on any atom is 0.134 e. The van der Waals surface area contributed by atoms with Crippen LogP contribution in [0.3, 0.4) is 0 Å². The number of hydrogen-bond donors (Lipinski definition) is 0. The van der Waals surface area contributed by atoms with Crippen LogP contribution in [0.2, 0.25) is 5.02 Å². The molecular weight excluding hydrogens is 422 g/mol. The van der Waals surface area contributed by atoms with Gasteiger partial charge in [-0.1, -0.05) is 59.6 Å². The molecule has 0 N–H and O–H groups in total. The van der Waals surface area contributed by atoms with Crippen LogP contribution >= 0.6 is 27.5 Å². The monoisotopic (exact) mass is 437 g/mol. The van der Waals surface area contributed by atoms with E-state index in [1.807, 2.05) is 36.4 Å². The van der Waals surface area contributed by atoms with Gasteiger partial charge in [0.05, 0.1) is 16.1 Å². The standard InChI is InChI=1S/C23H17BrClNO/c1-16-2-4-17(5-3-16)15-27-23-11-6-18(13-22(23)24)12-20(14-26)19-7-9-21(25)10-8-19/h2-13H,15H2,1H3/b20-12+. The van der Waals surface area contributed by atoms with E-state index in [9.17, 15) is 5.26 Å². The molecule has 27 heavy (non-hydrogen) atoms. The smallest absolute Gasteiger partial charge is 0.134 e. The van der Waals surface area contributed by atoms with Crippen LogP contribution < -0.4 is 4.74 Å². The highest BCUT2D eigenvalue weighted by atomic mass is 79.9. The molecule has 0 amide bonds. The van der Waals surface area contributed by atoms with E-state index in [2.05, 4.69) is 53.2 Å². The number of nitriles is 1. The van der Waals surface area contributed by atoms with Crippen molar-refractivity contribution in [2.75, 3.05) is 0 Å². The second-order valence-corrected chi connectivity index (χ2v) is 7.43. The molecule has 3 aromatic carbocycles. The van der Waals surface area contributed by atoms with Gasteiger partial charge in [-0.15, -0.1) is 0 Å². The highest BCUT2D eigenvalue weighted by molar-refractivity contribution is 9.10. The first-order valence-electron chi connectivity index (χ1n) is 8.41. The SMILES string of the molecule is Cc1ccc(COc2ccc(/C=C(\C#N)c3ccc(Cl)cc3)cc2Br)cc1. The number of nitrogens with zero attached hydrogens (tertiary/aromatic N) is 1. The molecule has 0 fully saturated rings. The van der Waals surface area contributed by atoms with Crippen molar-refractivity contribution < 1.29 is 4.74 Å². The Morgan fingerprint density at radius 3 is 2.41 bits per heavy atom. The lowest BCUT2D eigenvalue weighted by molar-refractivity contribution is 0.304. The van der Waals surface area contributed by atoms with Crippen LogP contribution in [0, 0.1) is 18.3 Å². The fourth-order valence-corrected chi connectivity index (χ4v) is 3.18. The molecule has 2 nitrogen and oxygen atoms in total.